The molecule has 0 amide bonds. The fraction of sp³-hybridized carbons (Fsp3) is 0.750. The van der Waals surface area contributed by atoms with Gasteiger partial charge in [0.25, 0.3) is 0 Å². The molecular formula is C12H18N2OS2. The number of thiazole rings is 1. The second-order valence-corrected chi connectivity index (χ2v) is 6.98. The van der Waals surface area contributed by atoms with Crippen LogP contribution in [0.4, 0.5) is 5.13 Å². The molecule has 2 fully saturated rings. The average molecular weight is 270 g/mol. The molecule has 17 heavy (non-hydrogen) atoms. The summed E-state index contributed by atoms with van der Waals surface area (Å²) in [5.74, 6) is 3.11. The molecule has 0 radical (unpaired) electrons. The first-order valence-electron chi connectivity index (χ1n) is 6.31. The molecule has 0 unspecified atom stereocenters. The standard InChI is InChI=1S/C12H18N2OS2/c15-8-10-11(9-2-3-9)13-12(17-10)14-4-1-6-16-7-5-14/h9,15H,1-8H2. The Balaban J connectivity index is 1.81. The van der Waals surface area contributed by atoms with Crippen LogP contribution in [-0.2, 0) is 6.61 Å². The van der Waals surface area contributed by atoms with Crippen LogP contribution in [0.5, 0.6) is 0 Å². The minimum Gasteiger partial charge on any atom is -0.391 e. The number of aliphatic hydroxyl groups is 1. The number of thioether (sulfide) groups is 1. The van der Waals surface area contributed by atoms with Crippen LogP contribution < -0.4 is 4.90 Å². The highest BCUT2D eigenvalue weighted by Gasteiger charge is 2.30. The summed E-state index contributed by atoms with van der Waals surface area (Å²) in [6.45, 7) is 2.38. The number of anilines is 1. The molecule has 0 aromatic carbocycles. The van der Waals surface area contributed by atoms with Gasteiger partial charge in [0.05, 0.1) is 17.2 Å². The molecule has 3 nitrogen and oxygen atoms in total. The lowest BCUT2D eigenvalue weighted by atomic mass is 10.2. The van der Waals surface area contributed by atoms with Crippen LogP contribution in [0.25, 0.3) is 0 Å². The van der Waals surface area contributed by atoms with E-state index in [0.717, 1.165) is 23.1 Å². The normalized spacial score (nSPS) is 21.6. The summed E-state index contributed by atoms with van der Waals surface area (Å²) < 4.78 is 0. The van der Waals surface area contributed by atoms with Gasteiger partial charge in [0, 0.05) is 24.8 Å². The van der Waals surface area contributed by atoms with Crippen molar-refractivity contribution in [2.24, 2.45) is 0 Å². The molecule has 1 aliphatic heterocycles. The Morgan fingerprint density at radius 1 is 1.29 bits per heavy atom. The van der Waals surface area contributed by atoms with Gasteiger partial charge in [-0.25, -0.2) is 4.98 Å². The molecule has 0 bridgehead atoms. The van der Waals surface area contributed by atoms with Crippen molar-refractivity contribution in [2.45, 2.75) is 31.8 Å². The van der Waals surface area contributed by atoms with Gasteiger partial charge in [-0.15, -0.1) is 0 Å². The van der Waals surface area contributed by atoms with Gasteiger partial charge >= 0.3 is 0 Å². The molecule has 2 heterocycles. The summed E-state index contributed by atoms with van der Waals surface area (Å²) in [5, 5.41) is 10.5. The van der Waals surface area contributed by atoms with Gasteiger partial charge in [0.15, 0.2) is 5.13 Å². The van der Waals surface area contributed by atoms with Crippen LogP contribution in [-0.4, -0.2) is 34.7 Å². The predicted octanol–water partition coefficient (Wildman–Crippen LogP) is 2.46. The summed E-state index contributed by atoms with van der Waals surface area (Å²) >= 11 is 3.73. The monoisotopic (exact) mass is 270 g/mol. The van der Waals surface area contributed by atoms with E-state index in [2.05, 4.69) is 4.90 Å². The smallest absolute Gasteiger partial charge is 0.185 e. The molecule has 1 aromatic rings. The van der Waals surface area contributed by atoms with E-state index >= 15 is 0 Å². The lowest BCUT2D eigenvalue weighted by Crippen LogP contribution is -2.25. The fourth-order valence-electron chi connectivity index (χ4n) is 2.21. The van der Waals surface area contributed by atoms with Gasteiger partial charge in [0.1, 0.15) is 0 Å². The van der Waals surface area contributed by atoms with Gasteiger partial charge in [-0.2, -0.15) is 11.8 Å². The molecule has 0 spiro atoms. The lowest BCUT2D eigenvalue weighted by Gasteiger charge is -2.18. The number of aromatic nitrogens is 1. The zero-order valence-corrected chi connectivity index (χ0v) is 11.5. The van der Waals surface area contributed by atoms with Crippen molar-refractivity contribution < 1.29 is 5.11 Å². The minimum atomic E-state index is 0.159. The van der Waals surface area contributed by atoms with Crippen molar-refractivity contribution in [2.75, 3.05) is 29.5 Å². The number of rotatable bonds is 3. The van der Waals surface area contributed by atoms with Gasteiger partial charge in [-0.05, 0) is 25.0 Å². The van der Waals surface area contributed by atoms with E-state index in [1.165, 1.54) is 36.5 Å². The zero-order chi connectivity index (χ0) is 11.7. The van der Waals surface area contributed by atoms with E-state index in [1.54, 1.807) is 11.3 Å². The summed E-state index contributed by atoms with van der Waals surface area (Å²) in [5.41, 5.74) is 1.18. The molecule has 2 aliphatic rings. The van der Waals surface area contributed by atoms with Crippen molar-refractivity contribution >= 4 is 28.2 Å². The molecule has 1 aromatic heterocycles. The Morgan fingerprint density at radius 3 is 2.94 bits per heavy atom. The number of aliphatic hydroxyl groups excluding tert-OH is 1. The van der Waals surface area contributed by atoms with Crippen LogP contribution in [0.3, 0.4) is 0 Å². The maximum absolute atomic E-state index is 9.41. The van der Waals surface area contributed by atoms with Crippen LogP contribution in [0.2, 0.25) is 0 Å². The summed E-state index contributed by atoms with van der Waals surface area (Å²) in [7, 11) is 0. The minimum absolute atomic E-state index is 0.159. The third-order valence-corrected chi connectivity index (χ3v) is 5.48. The number of nitrogens with zero attached hydrogens (tertiary/aromatic N) is 2. The highest BCUT2D eigenvalue weighted by atomic mass is 32.2. The molecule has 3 rings (SSSR count). The van der Waals surface area contributed by atoms with Crippen LogP contribution in [0, 0.1) is 0 Å². The maximum atomic E-state index is 9.41. The molecule has 1 aliphatic carbocycles. The van der Waals surface area contributed by atoms with E-state index in [0.29, 0.717) is 5.92 Å². The van der Waals surface area contributed by atoms with E-state index in [1.807, 2.05) is 11.8 Å². The maximum Gasteiger partial charge on any atom is 0.185 e. The Morgan fingerprint density at radius 2 is 2.18 bits per heavy atom. The van der Waals surface area contributed by atoms with Crippen molar-refractivity contribution in [1.29, 1.82) is 0 Å². The Bertz CT molecular complexity index is 382. The zero-order valence-electron chi connectivity index (χ0n) is 9.89. The van der Waals surface area contributed by atoms with Crippen molar-refractivity contribution in [3.63, 3.8) is 0 Å². The SMILES string of the molecule is OCc1sc(N2CCCSCC2)nc1C1CC1. The first-order valence-corrected chi connectivity index (χ1v) is 8.29. The number of hydrogen-bond acceptors (Lipinski definition) is 5. The lowest BCUT2D eigenvalue weighted by molar-refractivity contribution is 0.284. The van der Waals surface area contributed by atoms with Gasteiger partial charge < -0.3 is 10.0 Å². The Kier molecular flexibility index (Phi) is 3.59. The van der Waals surface area contributed by atoms with Crippen molar-refractivity contribution in [3.05, 3.63) is 10.6 Å². The average Bonchev–Trinajstić information content (AvgIpc) is 3.14. The highest BCUT2D eigenvalue weighted by Crippen LogP contribution is 2.44. The van der Waals surface area contributed by atoms with E-state index in [4.69, 9.17) is 4.98 Å². The first kappa shape index (κ1) is 11.8. The van der Waals surface area contributed by atoms with Crippen molar-refractivity contribution in [3.8, 4) is 0 Å². The van der Waals surface area contributed by atoms with Gasteiger partial charge in [-0.1, -0.05) is 11.3 Å². The highest BCUT2D eigenvalue weighted by molar-refractivity contribution is 7.99. The van der Waals surface area contributed by atoms with Crippen molar-refractivity contribution in [1.82, 2.24) is 4.98 Å². The molecule has 94 valence electrons. The molecular weight excluding hydrogens is 252 g/mol. The predicted molar refractivity (Wildman–Crippen MR) is 74.2 cm³/mol. The summed E-state index contributed by atoms with van der Waals surface area (Å²) in [4.78, 5) is 8.28. The van der Waals surface area contributed by atoms with Gasteiger partial charge in [-0.3, -0.25) is 0 Å². The van der Waals surface area contributed by atoms with E-state index in [-0.39, 0.29) is 6.61 Å². The summed E-state index contributed by atoms with van der Waals surface area (Å²) in [6, 6.07) is 0. The van der Waals surface area contributed by atoms with Crippen LogP contribution in [0.1, 0.15) is 35.8 Å². The summed E-state index contributed by atoms with van der Waals surface area (Å²) in [6.07, 6.45) is 3.76. The molecule has 1 N–H and O–H groups in total. The van der Waals surface area contributed by atoms with E-state index in [9.17, 15) is 5.11 Å². The quantitative estimate of drug-likeness (QED) is 0.915. The fourth-order valence-corrected chi connectivity index (χ4v) is 4.16. The first-order chi connectivity index (χ1) is 8.38. The number of hydrogen-bond donors (Lipinski definition) is 1. The third-order valence-electron chi connectivity index (χ3n) is 3.32. The van der Waals surface area contributed by atoms with Crippen LogP contribution in [0.15, 0.2) is 0 Å². The molecule has 1 saturated heterocycles. The second kappa shape index (κ2) is 5.16. The molecule has 5 heteroatoms. The van der Waals surface area contributed by atoms with Gasteiger partial charge in [0.2, 0.25) is 0 Å². The molecule has 0 atom stereocenters. The van der Waals surface area contributed by atoms with E-state index < -0.39 is 0 Å². The topological polar surface area (TPSA) is 36.4 Å². The third kappa shape index (κ3) is 2.61. The largest absolute Gasteiger partial charge is 0.391 e. The Labute approximate surface area is 110 Å². The molecule has 1 saturated carbocycles. The Hall–Kier alpha value is -0.260. The van der Waals surface area contributed by atoms with Crippen LogP contribution >= 0.6 is 23.1 Å². The second-order valence-electron chi connectivity index (χ2n) is 4.69.